The van der Waals surface area contributed by atoms with Crippen LogP contribution in [0.3, 0.4) is 0 Å². The van der Waals surface area contributed by atoms with Crippen molar-refractivity contribution in [2.75, 3.05) is 13.3 Å². The molecule has 1 radical (unpaired) electrons. The lowest BCUT2D eigenvalue weighted by atomic mass is 9.86. The highest BCUT2D eigenvalue weighted by Crippen LogP contribution is 2.22. The summed E-state index contributed by atoms with van der Waals surface area (Å²) in [6, 6.07) is 7.31. The topological polar surface area (TPSA) is 35.5 Å². The summed E-state index contributed by atoms with van der Waals surface area (Å²) in [5, 5.41) is 0. The molecule has 0 saturated heterocycles. The monoisotopic (exact) mass is 265 g/mol. The van der Waals surface area contributed by atoms with Crippen molar-refractivity contribution in [1.29, 1.82) is 0 Å². The van der Waals surface area contributed by atoms with E-state index in [0.717, 1.165) is 11.3 Å². The number of carbonyl (C=O) groups excluding carboxylic acids is 1. The van der Waals surface area contributed by atoms with E-state index in [1.807, 2.05) is 51.6 Å². The van der Waals surface area contributed by atoms with Crippen molar-refractivity contribution in [2.24, 2.45) is 5.41 Å². The third kappa shape index (κ3) is 4.27. The highest BCUT2D eigenvalue weighted by Gasteiger charge is 2.22. The largest absolute Gasteiger partial charge is 0.494 e. The Hall–Kier alpha value is -1.13. The zero-order chi connectivity index (χ0) is 13.8. The summed E-state index contributed by atoms with van der Waals surface area (Å²) >= 11 is 0. The molecule has 1 rings (SSSR count). The molecule has 0 aliphatic heterocycles. The maximum Gasteiger partial charge on any atom is 0.248 e. The molecule has 99 valence electrons. The van der Waals surface area contributed by atoms with Crippen molar-refractivity contribution in [3.63, 3.8) is 0 Å². The summed E-state index contributed by atoms with van der Waals surface area (Å²) in [6.07, 6.45) is 0.605. The molecule has 0 aliphatic rings. The predicted octanol–water partition coefficient (Wildman–Crippen LogP) is 3.10. The zero-order valence-electron chi connectivity index (χ0n) is 11.7. The Labute approximate surface area is 111 Å². The number of hydrogen-bond donors (Lipinski definition) is 0. The van der Waals surface area contributed by atoms with Crippen LogP contribution in [0, 0.1) is 5.41 Å². The second-order valence-electron chi connectivity index (χ2n) is 5.30. The molecule has 0 spiro atoms. The summed E-state index contributed by atoms with van der Waals surface area (Å²) < 4.78 is 10.8. The van der Waals surface area contributed by atoms with Gasteiger partial charge < -0.3 is 9.16 Å². The molecule has 0 aromatic heterocycles. The molecule has 0 atom stereocenters. The van der Waals surface area contributed by atoms with Crippen molar-refractivity contribution in [3.8, 4) is 5.75 Å². The molecule has 0 unspecified atom stereocenters. The number of ether oxygens (including phenoxy) is 1. The minimum atomic E-state index is -0.865. The van der Waals surface area contributed by atoms with Crippen molar-refractivity contribution in [3.05, 3.63) is 29.8 Å². The van der Waals surface area contributed by atoms with Crippen molar-refractivity contribution >= 4 is 14.8 Å². The lowest BCUT2D eigenvalue weighted by Crippen LogP contribution is -2.21. The SMILES string of the molecule is CO[Si](C)COc1ccc(C(=O)C(C)(C)C)cc1. The van der Waals surface area contributed by atoms with Crippen LogP contribution in [0.25, 0.3) is 0 Å². The number of hydrogen-bond acceptors (Lipinski definition) is 3. The van der Waals surface area contributed by atoms with E-state index in [1.165, 1.54) is 0 Å². The van der Waals surface area contributed by atoms with E-state index in [0.29, 0.717) is 6.23 Å². The summed E-state index contributed by atoms with van der Waals surface area (Å²) in [6.45, 7) is 7.81. The van der Waals surface area contributed by atoms with Crippen molar-refractivity contribution in [2.45, 2.75) is 27.3 Å². The highest BCUT2D eigenvalue weighted by molar-refractivity contribution is 6.50. The van der Waals surface area contributed by atoms with E-state index < -0.39 is 9.04 Å². The third-order valence-electron chi connectivity index (χ3n) is 2.59. The summed E-state index contributed by atoms with van der Waals surface area (Å²) in [4.78, 5) is 12.0. The minimum Gasteiger partial charge on any atom is -0.494 e. The standard InChI is InChI=1S/C14H21O3Si/c1-14(2,3)13(15)11-6-8-12(9-7-11)17-10-18(5)16-4/h6-9H,10H2,1-5H3. The Morgan fingerprint density at radius 3 is 2.22 bits per heavy atom. The average Bonchev–Trinajstić information content (AvgIpc) is 2.34. The second-order valence-corrected chi connectivity index (χ2v) is 7.40. The first-order chi connectivity index (χ1) is 8.34. The average molecular weight is 265 g/mol. The van der Waals surface area contributed by atoms with Gasteiger partial charge in [-0.05, 0) is 30.8 Å². The van der Waals surface area contributed by atoms with Crippen LogP contribution in [-0.2, 0) is 4.43 Å². The smallest absolute Gasteiger partial charge is 0.248 e. The number of rotatable bonds is 5. The van der Waals surface area contributed by atoms with Gasteiger partial charge in [0.25, 0.3) is 0 Å². The van der Waals surface area contributed by atoms with E-state index in [2.05, 4.69) is 0 Å². The van der Waals surface area contributed by atoms with Gasteiger partial charge in [0.1, 0.15) is 12.0 Å². The zero-order valence-corrected chi connectivity index (χ0v) is 12.7. The van der Waals surface area contributed by atoms with Gasteiger partial charge in [-0.2, -0.15) is 0 Å². The molecule has 0 aliphatic carbocycles. The van der Waals surface area contributed by atoms with Gasteiger partial charge in [-0.15, -0.1) is 0 Å². The normalized spacial score (nSPS) is 11.7. The van der Waals surface area contributed by atoms with Gasteiger partial charge in [-0.25, -0.2) is 0 Å². The first-order valence-corrected chi connectivity index (χ1v) is 8.10. The van der Waals surface area contributed by atoms with Crippen LogP contribution in [0.1, 0.15) is 31.1 Å². The van der Waals surface area contributed by atoms with Gasteiger partial charge in [-0.3, -0.25) is 4.79 Å². The van der Waals surface area contributed by atoms with Crippen LogP contribution < -0.4 is 4.74 Å². The van der Waals surface area contributed by atoms with E-state index in [9.17, 15) is 4.79 Å². The molecule has 18 heavy (non-hydrogen) atoms. The maximum atomic E-state index is 12.0. The molecule has 0 heterocycles. The molecule has 1 aromatic rings. The van der Waals surface area contributed by atoms with Gasteiger partial charge in [-0.1, -0.05) is 20.8 Å². The lowest BCUT2D eigenvalue weighted by molar-refractivity contribution is 0.0858. The maximum absolute atomic E-state index is 12.0. The fraction of sp³-hybridized carbons (Fsp3) is 0.500. The van der Waals surface area contributed by atoms with E-state index in [-0.39, 0.29) is 11.2 Å². The number of carbonyl (C=O) groups is 1. The van der Waals surface area contributed by atoms with Crippen molar-refractivity contribution in [1.82, 2.24) is 0 Å². The molecule has 0 bridgehead atoms. The third-order valence-corrected chi connectivity index (χ3v) is 3.84. The molecular weight excluding hydrogens is 244 g/mol. The van der Waals surface area contributed by atoms with Gasteiger partial charge in [0.2, 0.25) is 9.04 Å². The molecule has 0 amide bonds. The summed E-state index contributed by atoms with van der Waals surface area (Å²) in [5.41, 5.74) is 0.376. The Bertz CT molecular complexity index is 392. The van der Waals surface area contributed by atoms with E-state index in [4.69, 9.17) is 9.16 Å². The van der Waals surface area contributed by atoms with Crippen LogP contribution in [0.5, 0.6) is 5.75 Å². The Morgan fingerprint density at radius 1 is 1.22 bits per heavy atom. The fourth-order valence-electron chi connectivity index (χ4n) is 1.38. The van der Waals surface area contributed by atoms with Crippen molar-refractivity contribution < 1.29 is 14.0 Å². The number of ketones is 1. The van der Waals surface area contributed by atoms with E-state index >= 15 is 0 Å². The van der Waals surface area contributed by atoms with Crippen LogP contribution in [0.15, 0.2) is 24.3 Å². The highest BCUT2D eigenvalue weighted by atomic mass is 28.3. The van der Waals surface area contributed by atoms with Crippen LogP contribution in [0.4, 0.5) is 0 Å². The minimum absolute atomic E-state index is 0.145. The molecule has 0 fully saturated rings. The van der Waals surface area contributed by atoms with Gasteiger partial charge in [0.05, 0.1) is 0 Å². The summed E-state index contributed by atoms with van der Waals surface area (Å²) in [5.74, 6) is 0.924. The second kappa shape index (κ2) is 6.16. The number of Topliss-reactive ketones (excluding diaryl/α,β-unsaturated/α-hetero) is 1. The van der Waals surface area contributed by atoms with E-state index in [1.54, 1.807) is 7.11 Å². The lowest BCUT2D eigenvalue weighted by Gasteiger charge is -2.16. The van der Waals surface area contributed by atoms with Crippen LogP contribution in [0.2, 0.25) is 6.55 Å². The van der Waals surface area contributed by atoms with Gasteiger partial charge in [0, 0.05) is 18.1 Å². The first kappa shape index (κ1) is 14.9. The summed E-state index contributed by atoms with van der Waals surface area (Å²) in [7, 11) is 0.832. The molecule has 0 N–H and O–H groups in total. The molecule has 3 nitrogen and oxygen atoms in total. The van der Waals surface area contributed by atoms with Gasteiger partial charge >= 0.3 is 0 Å². The quantitative estimate of drug-likeness (QED) is 0.606. The predicted molar refractivity (Wildman–Crippen MR) is 74.3 cm³/mol. The molecule has 0 saturated carbocycles. The van der Waals surface area contributed by atoms with Crippen LogP contribution in [-0.4, -0.2) is 28.2 Å². The number of benzene rings is 1. The molecular formula is C14H21O3Si. The Balaban J connectivity index is 2.66. The fourth-order valence-corrected chi connectivity index (χ4v) is 1.87. The van der Waals surface area contributed by atoms with Crippen LogP contribution >= 0.6 is 0 Å². The first-order valence-electron chi connectivity index (χ1n) is 5.98. The van der Waals surface area contributed by atoms with Gasteiger partial charge in [0.15, 0.2) is 5.78 Å². The molecule has 1 aromatic carbocycles. The Kier molecular flexibility index (Phi) is 5.11. The Morgan fingerprint density at radius 2 is 1.78 bits per heavy atom. The molecule has 4 heteroatoms.